The summed E-state index contributed by atoms with van der Waals surface area (Å²) in [5, 5.41) is 0. The molecule has 0 aromatic heterocycles. The molecule has 0 spiro atoms. The number of hydrogen-bond donors (Lipinski definition) is 0. The largest absolute Gasteiger partial charge is 1.00 e. The summed E-state index contributed by atoms with van der Waals surface area (Å²) in [5.41, 5.74) is 0. The molecule has 1 aliphatic rings. The maximum Gasteiger partial charge on any atom is 1.00 e. The molecular weight excluding hydrogens is 342 g/mol. The van der Waals surface area contributed by atoms with Gasteiger partial charge in [0.05, 0.1) is 13.2 Å². The Morgan fingerprint density at radius 3 is 0.913 bits per heavy atom. The number of hydrogen-bond acceptors (Lipinski definition) is 6. The molecule has 0 aliphatic carbocycles. The summed E-state index contributed by atoms with van der Waals surface area (Å²) in [7, 11) is -5.17. The zero-order valence-corrected chi connectivity index (χ0v) is 19.6. The maximum absolute atomic E-state index is 8.52. The zero-order chi connectivity index (χ0) is 15.8. The van der Waals surface area contributed by atoms with Crippen molar-refractivity contribution in [1.82, 2.24) is 0 Å². The van der Waals surface area contributed by atoms with Crippen LogP contribution in [0.1, 0.15) is 77.0 Å². The van der Waals surface area contributed by atoms with Crippen LogP contribution < -0.4 is 59.1 Å². The fourth-order valence-electron chi connectivity index (χ4n) is 2.21. The first-order valence-corrected chi connectivity index (χ1v) is 9.24. The van der Waals surface area contributed by atoms with E-state index in [4.69, 9.17) is 27.3 Å². The summed E-state index contributed by atoms with van der Waals surface area (Å²) >= 11 is 0. The Morgan fingerprint density at radius 1 is 0.522 bits per heavy atom. The van der Waals surface area contributed by atoms with Gasteiger partial charge in [0.15, 0.2) is 0 Å². The van der Waals surface area contributed by atoms with E-state index in [1.54, 1.807) is 0 Å². The summed E-state index contributed by atoms with van der Waals surface area (Å²) in [6, 6.07) is 0. The molecule has 0 N–H and O–H groups in total. The molecule has 1 heterocycles. The first-order valence-electron chi connectivity index (χ1n) is 7.91. The fourth-order valence-corrected chi connectivity index (χ4v) is 2.21. The molecule has 1 rings (SSSR count). The van der Waals surface area contributed by atoms with Crippen molar-refractivity contribution in [2.45, 2.75) is 77.0 Å². The van der Waals surface area contributed by atoms with Crippen LogP contribution in [0.3, 0.4) is 0 Å². The third kappa shape index (κ3) is 35.7. The Morgan fingerprint density at radius 2 is 0.696 bits per heavy atom. The summed E-state index contributed by atoms with van der Waals surface area (Å²) in [6.07, 6.45) is 16.2. The van der Waals surface area contributed by atoms with Crippen molar-refractivity contribution < 1.29 is 86.4 Å². The van der Waals surface area contributed by atoms with Gasteiger partial charge in [-0.2, -0.15) is 0 Å². The van der Waals surface area contributed by atoms with Crippen molar-refractivity contribution in [3.63, 3.8) is 0 Å². The van der Waals surface area contributed by atoms with Gasteiger partial charge in [-0.15, -0.1) is 0 Å². The predicted molar refractivity (Wildman–Crippen MR) is 77.8 cm³/mol. The third-order valence-corrected chi connectivity index (χ3v) is 3.29. The molecule has 0 radical (unpaired) electrons. The van der Waals surface area contributed by atoms with E-state index in [2.05, 4.69) is 0 Å². The molecular formula is C14H28Na2O6S. The summed E-state index contributed by atoms with van der Waals surface area (Å²) in [6.45, 7) is 1.56. The van der Waals surface area contributed by atoms with Crippen LogP contribution in [0, 0.1) is 0 Å². The normalized spacial score (nSPS) is 19.2. The molecule has 1 fully saturated rings. The average Bonchev–Trinajstić information content (AvgIpc) is 2.37. The summed E-state index contributed by atoms with van der Waals surface area (Å²) < 4.78 is 34.1. The van der Waals surface area contributed by atoms with Crippen LogP contribution in [0.15, 0.2) is 0 Å². The van der Waals surface area contributed by atoms with Crippen LogP contribution in [0.25, 0.3) is 0 Å². The molecule has 1 saturated heterocycles. The van der Waals surface area contributed by atoms with Crippen molar-refractivity contribution in [2.24, 2.45) is 0 Å². The van der Waals surface area contributed by atoms with E-state index >= 15 is 0 Å². The van der Waals surface area contributed by atoms with Crippen molar-refractivity contribution >= 4 is 10.4 Å². The fraction of sp³-hybridized carbons (Fsp3) is 1.00. The molecule has 0 saturated carbocycles. The minimum atomic E-state index is -5.17. The van der Waals surface area contributed by atoms with E-state index in [1.807, 2.05) is 0 Å². The summed E-state index contributed by atoms with van der Waals surface area (Å²) in [5.74, 6) is 0. The Bertz CT molecular complexity index is 242. The van der Waals surface area contributed by atoms with Gasteiger partial charge in [-0.3, -0.25) is 8.42 Å². The Kier molecular flexibility index (Phi) is 28.0. The van der Waals surface area contributed by atoms with Crippen LogP contribution in [0.5, 0.6) is 0 Å². The van der Waals surface area contributed by atoms with E-state index in [0.717, 1.165) is 26.1 Å². The van der Waals surface area contributed by atoms with Crippen LogP contribution in [0.2, 0.25) is 0 Å². The predicted octanol–water partition coefficient (Wildman–Crippen LogP) is -2.70. The topological polar surface area (TPSA) is 98.7 Å². The minimum absolute atomic E-state index is 0. The molecule has 0 atom stereocenters. The van der Waals surface area contributed by atoms with E-state index in [9.17, 15) is 0 Å². The van der Waals surface area contributed by atoms with Crippen LogP contribution in [-0.4, -0.2) is 30.7 Å². The average molecular weight is 370 g/mol. The van der Waals surface area contributed by atoms with Crippen molar-refractivity contribution in [1.29, 1.82) is 0 Å². The van der Waals surface area contributed by atoms with Gasteiger partial charge in [0, 0.05) is 10.4 Å². The monoisotopic (exact) mass is 370 g/mol. The molecule has 0 amide bonds. The molecule has 128 valence electrons. The van der Waals surface area contributed by atoms with Crippen LogP contribution in [0.4, 0.5) is 0 Å². The van der Waals surface area contributed by atoms with Gasteiger partial charge >= 0.3 is 59.1 Å². The third-order valence-electron chi connectivity index (χ3n) is 3.29. The number of rotatable bonds is 0. The Hall–Kier alpha value is 1.79. The van der Waals surface area contributed by atoms with Gasteiger partial charge in [-0.05, 0) is 12.8 Å². The van der Waals surface area contributed by atoms with Crippen molar-refractivity contribution in [2.75, 3.05) is 13.2 Å². The molecule has 0 bridgehead atoms. The van der Waals surface area contributed by atoms with Gasteiger partial charge in [0.25, 0.3) is 0 Å². The first kappa shape index (κ1) is 29.5. The molecule has 0 unspecified atom stereocenters. The zero-order valence-electron chi connectivity index (χ0n) is 14.8. The quantitative estimate of drug-likeness (QED) is 0.199. The standard InChI is InChI=1S/C14H28O2.2Na.H2O4S/c1-2-4-6-8-10-12-14-16-15-13-11-9-7-5-3-1;;;1-5(2,3)4/h1-14H2;;;(H2,1,2,3,4)/q;2*+1;/p-2. The molecule has 6 nitrogen and oxygen atoms in total. The second-order valence-corrected chi connectivity index (χ2v) is 6.11. The van der Waals surface area contributed by atoms with Crippen LogP contribution >= 0.6 is 0 Å². The molecule has 0 aromatic rings. The second kappa shape index (κ2) is 21.8. The molecule has 0 aromatic carbocycles. The van der Waals surface area contributed by atoms with E-state index in [-0.39, 0.29) is 59.1 Å². The smallest absolute Gasteiger partial charge is 0.759 e. The van der Waals surface area contributed by atoms with E-state index in [1.165, 1.54) is 64.2 Å². The molecule has 9 heteroatoms. The van der Waals surface area contributed by atoms with E-state index < -0.39 is 10.4 Å². The van der Waals surface area contributed by atoms with Gasteiger partial charge in [-0.25, -0.2) is 9.78 Å². The SMILES string of the molecule is C1CCCCCCCOOCCCCCC1.O=S(=O)([O-])[O-].[Na+].[Na+]. The maximum atomic E-state index is 8.52. The van der Waals surface area contributed by atoms with Gasteiger partial charge in [-0.1, -0.05) is 64.2 Å². The van der Waals surface area contributed by atoms with Crippen molar-refractivity contribution in [3.05, 3.63) is 0 Å². The van der Waals surface area contributed by atoms with Crippen LogP contribution in [-0.2, 0) is 20.2 Å². The Labute approximate surface area is 185 Å². The molecule has 23 heavy (non-hydrogen) atoms. The van der Waals surface area contributed by atoms with Gasteiger partial charge < -0.3 is 9.11 Å². The van der Waals surface area contributed by atoms with Gasteiger partial charge in [0.2, 0.25) is 0 Å². The van der Waals surface area contributed by atoms with Crippen molar-refractivity contribution in [3.8, 4) is 0 Å². The van der Waals surface area contributed by atoms with E-state index in [0.29, 0.717) is 0 Å². The first-order chi connectivity index (χ1) is 10.0. The minimum Gasteiger partial charge on any atom is -0.759 e. The Balaban J connectivity index is -0.000000502. The second-order valence-electron chi connectivity index (χ2n) is 5.29. The molecule has 1 aliphatic heterocycles. The summed E-state index contributed by atoms with van der Waals surface area (Å²) in [4.78, 5) is 10.3. The van der Waals surface area contributed by atoms with Gasteiger partial charge in [0.1, 0.15) is 0 Å².